The van der Waals surface area contributed by atoms with Gasteiger partial charge < -0.3 is 14.3 Å². The third-order valence-corrected chi connectivity index (χ3v) is 12.5. The third kappa shape index (κ3) is 4.74. The monoisotopic (exact) mass is 704 g/mol. The number of nitrogens with zero attached hydrogens (tertiary/aromatic N) is 3. The maximum absolute atomic E-state index is 6.49. The SMILES string of the molecule is c1ccc(C2=NC(n3c4ccc(-c5ccc6c(c5)Sc5ccccc5S6)cc4c4c5ccccc5ccc43)Nc3oc(-c4ccccc4)nc32)cc1. The highest BCUT2D eigenvalue weighted by Gasteiger charge is 2.31. The lowest BCUT2D eigenvalue weighted by Gasteiger charge is -2.24. The molecule has 7 aromatic carbocycles. The minimum absolute atomic E-state index is 0.483. The predicted octanol–water partition coefficient (Wildman–Crippen LogP) is 12.3. The smallest absolute Gasteiger partial charge is 0.229 e. The summed E-state index contributed by atoms with van der Waals surface area (Å²) in [5, 5.41) is 8.46. The summed E-state index contributed by atoms with van der Waals surface area (Å²) < 4.78 is 8.80. The first-order chi connectivity index (χ1) is 25.7. The van der Waals surface area contributed by atoms with E-state index in [1.807, 2.05) is 72.1 Å². The number of nitrogens with one attached hydrogen (secondary N) is 1. The topological polar surface area (TPSA) is 55.4 Å². The first-order valence-electron chi connectivity index (χ1n) is 17.3. The summed E-state index contributed by atoms with van der Waals surface area (Å²) in [5.41, 5.74) is 7.98. The molecule has 1 N–H and O–H groups in total. The van der Waals surface area contributed by atoms with E-state index in [0.717, 1.165) is 27.9 Å². The first kappa shape index (κ1) is 29.7. The molecule has 2 aromatic heterocycles. The molecule has 5 nitrogen and oxygen atoms in total. The van der Waals surface area contributed by atoms with Crippen LogP contribution in [-0.2, 0) is 0 Å². The van der Waals surface area contributed by atoms with Crippen molar-refractivity contribution in [3.8, 4) is 22.6 Å². The summed E-state index contributed by atoms with van der Waals surface area (Å²) in [7, 11) is 0. The molecule has 0 aliphatic carbocycles. The summed E-state index contributed by atoms with van der Waals surface area (Å²) in [5.74, 6) is 1.17. The van der Waals surface area contributed by atoms with Crippen molar-refractivity contribution in [2.75, 3.05) is 5.32 Å². The average molecular weight is 705 g/mol. The number of aromatic nitrogens is 2. The zero-order valence-corrected chi connectivity index (χ0v) is 29.3. The van der Waals surface area contributed by atoms with Crippen LogP contribution in [0.25, 0.3) is 55.2 Å². The normalized spacial score (nSPS) is 14.8. The van der Waals surface area contributed by atoms with Gasteiger partial charge in [-0.3, -0.25) is 0 Å². The quantitative estimate of drug-likeness (QED) is 0.198. The van der Waals surface area contributed by atoms with Crippen molar-refractivity contribution >= 4 is 67.7 Å². The maximum Gasteiger partial charge on any atom is 0.229 e. The van der Waals surface area contributed by atoms with E-state index in [9.17, 15) is 0 Å². The second-order valence-corrected chi connectivity index (χ2v) is 15.2. The Morgan fingerprint density at radius 2 is 1.19 bits per heavy atom. The van der Waals surface area contributed by atoms with E-state index >= 15 is 0 Å². The Morgan fingerprint density at radius 1 is 0.538 bits per heavy atom. The zero-order chi connectivity index (χ0) is 34.2. The van der Waals surface area contributed by atoms with Crippen LogP contribution in [0.5, 0.6) is 0 Å². The zero-order valence-electron chi connectivity index (χ0n) is 27.7. The Bertz CT molecular complexity index is 2890. The Hall–Kier alpha value is -6.02. The lowest BCUT2D eigenvalue weighted by atomic mass is 10.00. The minimum atomic E-state index is -0.483. The molecular weight excluding hydrogens is 677 g/mol. The van der Waals surface area contributed by atoms with Crippen molar-refractivity contribution < 1.29 is 4.42 Å². The van der Waals surface area contributed by atoms with Crippen LogP contribution in [0.4, 0.5) is 5.88 Å². The highest BCUT2D eigenvalue weighted by molar-refractivity contribution is 8.05. The van der Waals surface area contributed by atoms with E-state index in [4.69, 9.17) is 14.4 Å². The molecule has 2 aliphatic heterocycles. The average Bonchev–Trinajstić information content (AvgIpc) is 3.79. The van der Waals surface area contributed by atoms with E-state index in [1.54, 1.807) is 0 Å². The van der Waals surface area contributed by atoms with E-state index in [0.29, 0.717) is 17.5 Å². The van der Waals surface area contributed by atoms with Crippen LogP contribution < -0.4 is 5.32 Å². The first-order valence-corrected chi connectivity index (χ1v) is 18.9. The molecule has 0 bridgehead atoms. The van der Waals surface area contributed by atoms with Gasteiger partial charge in [0.2, 0.25) is 18.1 Å². The molecule has 246 valence electrons. The van der Waals surface area contributed by atoms with Crippen molar-refractivity contribution in [2.24, 2.45) is 4.99 Å². The molecule has 0 saturated heterocycles. The molecule has 1 atom stereocenters. The van der Waals surface area contributed by atoms with Gasteiger partial charge in [-0.05, 0) is 76.5 Å². The number of anilines is 1. The summed E-state index contributed by atoms with van der Waals surface area (Å²) in [4.78, 5) is 15.6. The van der Waals surface area contributed by atoms with E-state index < -0.39 is 6.29 Å². The van der Waals surface area contributed by atoms with E-state index in [2.05, 4.69) is 119 Å². The molecule has 0 amide bonds. The number of aliphatic imine (C=N–C) groups is 1. The van der Waals surface area contributed by atoms with Gasteiger partial charge in [0, 0.05) is 41.5 Å². The molecule has 7 heteroatoms. The highest BCUT2D eigenvalue weighted by atomic mass is 32.2. The second kappa shape index (κ2) is 11.8. The van der Waals surface area contributed by atoms with Crippen LogP contribution in [0.1, 0.15) is 17.5 Å². The van der Waals surface area contributed by atoms with Gasteiger partial charge in [-0.2, -0.15) is 0 Å². The van der Waals surface area contributed by atoms with Crippen LogP contribution in [0.3, 0.4) is 0 Å². The van der Waals surface area contributed by atoms with Crippen molar-refractivity contribution in [2.45, 2.75) is 25.9 Å². The standard InChI is InChI=1S/C45H28N4OS2/c1-3-12-28(13-4-1)41-42-44(50-43(46-42)29-14-5-2-6-15-29)48-45(47-41)49-34-22-20-30(25-33(34)40-32-16-8-7-11-27(32)19-23-35(40)49)31-21-24-38-39(26-31)52-37-18-10-9-17-36(37)51-38/h1-26,45,48H. The number of rotatable bonds is 4. The number of fused-ring (bicyclic) bond motifs is 8. The Labute approximate surface area is 308 Å². The summed E-state index contributed by atoms with van der Waals surface area (Å²) in [6.45, 7) is 0. The van der Waals surface area contributed by atoms with Gasteiger partial charge in [0.25, 0.3) is 0 Å². The molecule has 0 radical (unpaired) electrons. The van der Waals surface area contributed by atoms with E-state index in [-0.39, 0.29) is 0 Å². The molecule has 11 rings (SSSR count). The molecule has 2 aliphatic rings. The highest BCUT2D eigenvalue weighted by Crippen LogP contribution is 2.49. The largest absolute Gasteiger partial charge is 0.420 e. The van der Waals surface area contributed by atoms with Gasteiger partial charge in [-0.15, -0.1) is 0 Å². The summed E-state index contributed by atoms with van der Waals surface area (Å²) in [6, 6.07) is 55.8. The molecule has 4 heterocycles. The van der Waals surface area contributed by atoms with Gasteiger partial charge in [-0.25, -0.2) is 9.98 Å². The van der Waals surface area contributed by atoms with Crippen molar-refractivity contribution in [1.82, 2.24) is 9.55 Å². The predicted molar refractivity (Wildman–Crippen MR) is 214 cm³/mol. The minimum Gasteiger partial charge on any atom is -0.420 e. The lowest BCUT2D eigenvalue weighted by molar-refractivity contribution is 0.543. The lowest BCUT2D eigenvalue weighted by Crippen LogP contribution is -2.24. The number of oxazole rings is 1. The fourth-order valence-corrected chi connectivity index (χ4v) is 9.77. The van der Waals surface area contributed by atoms with Crippen molar-refractivity contribution in [3.05, 3.63) is 169 Å². The maximum atomic E-state index is 6.49. The van der Waals surface area contributed by atoms with E-state index in [1.165, 1.54) is 52.3 Å². The van der Waals surface area contributed by atoms with Crippen LogP contribution in [0, 0.1) is 0 Å². The summed E-state index contributed by atoms with van der Waals surface area (Å²) in [6.07, 6.45) is -0.483. The van der Waals surface area contributed by atoms with Crippen LogP contribution in [0.15, 0.2) is 187 Å². The molecule has 9 aromatic rings. The van der Waals surface area contributed by atoms with Gasteiger partial charge >= 0.3 is 0 Å². The van der Waals surface area contributed by atoms with Crippen molar-refractivity contribution in [1.29, 1.82) is 0 Å². The van der Waals surface area contributed by atoms with Crippen LogP contribution in [0.2, 0.25) is 0 Å². The third-order valence-electron chi connectivity index (χ3n) is 9.93. The Balaban J connectivity index is 1.10. The van der Waals surface area contributed by atoms with Crippen molar-refractivity contribution in [3.63, 3.8) is 0 Å². The second-order valence-electron chi connectivity index (χ2n) is 13.0. The molecule has 0 fully saturated rings. The van der Waals surface area contributed by atoms with Gasteiger partial charge in [0.05, 0.1) is 11.0 Å². The number of hydrogen-bond acceptors (Lipinski definition) is 6. The van der Waals surface area contributed by atoms with Crippen LogP contribution in [-0.4, -0.2) is 15.3 Å². The number of benzene rings is 7. The summed E-state index contributed by atoms with van der Waals surface area (Å²) >= 11 is 3.70. The fraction of sp³-hybridized carbons (Fsp3) is 0.0222. The molecule has 1 unspecified atom stereocenters. The molecular formula is C45H28N4OS2. The fourth-order valence-electron chi connectivity index (χ4n) is 7.52. The Kier molecular flexibility index (Phi) is 6.72. The van der Waals surface area contributed by atoms with Gasteiger partial charge in [-0.1, -0.05) is 127 Å². The Morgan fingerprint density at radius 3 is 2.02 bits per heavy atom. The number of hydrogen-bond donors (Lipinski definition) is 1. The molecule has 0 spiro atoms. The molecule has 52 heavy (non-hydrogen) atoms. The van der Waals surface area contributed by atoms with Gasteiger partial charge in [0.15, 0.2) is 5.69 Å². The van der Waals surface area contributed by atoms with Gasteiger partial charge in [0.1, 0.15) is 5.71 Å². The molecule has 0 saturated carbocycles. The van der Waals surface area contributed by atoms with Crippen LogP contribution >= 0.6 is 23.5 Å².